The third-order valence-electron chi connectivity index (χ3n) is 8.29. The summed E-state index contributed by atoms with van der Waals surface area (Å²) in [4.78, 5) is 31.2. The van der Waals surface area contributed by atoms with Crippen molar-refractivity contribution in [3.8, 4) is 5.75 Å². The summed E-state index contributed by atoms with van der Waals surface area (Å²) < 4.78 is 66.3. The van der Waals surface area contributed by atoms with E-state index in [-0.39, 0.29) is 30.3 Å². The summed E-state index contributed by atoms with van der Waals surface area (Å²) in [5.74, 6) is -0.747. The van der Waals surface area contributed by atoms with E-state index in [1.165, 1.54) is 42.8 Å². The summed E-state index contributed by atoms with van der Waals surface area (Å²) in [5, 5.41) is 7.36. The van der Waals surface area contributed by atoms with Crippen molar-refractivity contribution in [3.63, 3.8) is 0 Å². The molecule has 2 aromatic carbocycles. The van der Waals surface area contributed by atoms with Gasteiger partial charge >= 0.3 is 6.18 Å². The second-order valence-electron chi connectivity index (χ2n) is 11.0. The topological polar surface area (TPSA) is 104 Å². The zero-order chi connectivity index (χ0) is 32.4. The molecule has 6 rings (SSSR count). The molecule has 0 spiro atoms. The molecule has 0 saturated carbocycles. The third-order valence-corrected chi connectivity index (χ3v) is 8.29. The number of amides is 1. The van der Waals surface area contributed by atoms with Crippen LogP contribution in [-0.2, 0) is 20.5 Å². The number of carbonyl (C=O) groups excluding carboxylic acids is 1. The number of ether oxygens (including phenoxy) is 2. The first kappa shape index (κ1) is 31.5. The van der Waals surface area contributed by atoms with Gasteiger partial charge in [0.25, 0.3) is 0 Å². The van der Waals surface area contributed by atoms with Crippen LogP contribution in [0.1, 0.15) is 23.6 Å². The number of piperazine rings is 1. The average molecular weight is 644 g/mol. The van der Waals surface area contributed by atoms with Gasteiger partial charge < -0.3 is 25.0 Å². The minimum atomic E-state index is -4.84. The minimum Gasteiger partial charge on any atom is -0.494 e. The Hall–Kier alpha value is -4.47. The predicted octanol–water partition coefficient (Wildman–Crippen LogP) is 4.92. The Morgan fingerprint density at radius 3 is 2.57 bits per heavy atom. The Bertz CT molecular complexity index is 1600. The number of anilines is 5. The molecule has 1 amide bonds. The van der Waals surface area contributed by atoms with Crippen LogP contribution in [0, 0.1) is 5.82 Å². The van der Waals surface area contributed by atoms with Crippen molar-refractivity contribution in [2.75, 3.05) is 73.7 Å². The molecule has 0 radical (unpaired) electrons. The fraction of sp³-hybridized carbons (Fsp3) is 0.387. The molecule has 4 heterocycles. The average Bonchev–Trinajstić information content (AvgIpc) is 3.50. The highest BCUT2D eigenvalue weighted by Crippen LogP contribution is 2.41. The van der Waals surface area contributed by atoms with Crippen LogP contribution in [-0.4, -0.2) is 79.9 Å². The molecule has 0 aliphatic carbocycles. The maximum absolute atomic E-state index is 15.0. The summed E-state index contributed by atoms with van der Waals surface area (Å²) in [5.41, 5.74) is 0.296. The number of carbonyl (C=O) groups is 1. The molecular formula is C31H33F4N7O4. The number of rotatable bonds is 9. The Labute approximate surface area is 262 Å². The molecule has 3 aliphatic rings. The van der Waals surface area contributed by atoms with Crippen molar-refractivity contribution in [3.05, 3.63) is 72.3 Å². The summed E-state index contributed by atoms with van der Waals surface area (Å²) in [6.07, 6.45) is -2.15. The van der Waals surface area contributed by atoms with E-state index in [0.29, 0.717) is 35.1 Å². The van der Waals surface area contributed by atoms with E-state index in [9.17, 15) is 18.0 Å². The van der Waals surface area contributed by atoms with Crippen LogP contribution in [0.5, 0.6) is 5.75 Å². The van der Waals surface area contributed by atoms with Gasteiger partial charge in [-0.15, -0.1) is 0 Å². The molecule has 3 aromatic rings. The van der Waals surface area contributed by atoms with E-state index in [2.05, 4.69) is 37.0 Å². The highest BCUT2D eigenvalue weighted by molar-refractivity contribution is 6.02. The largest absolute Gasteiger partial charge is 0.494 e. The van der Waals surface area contributed by atoms with Crippen LogP contribution >= 0.6 is 0 Å². The molecule has 2 N–H and O–H groups in total. The Morgan fingerprint density at radius 1 is 1.11 bits per heavy atom. The van der Waals surface area contributed by atoms with Crippen LogP contribution in [0.15, 0.2) is 55.4 Å². The number of hydrogen-bond donors (Lipinski definition) is 2. The molecule has 1 aromatic heterocycles. The van der Waals surface area contributed by atoms with Crippen LogP contribution in [0.25, 0.3) is 0 Å². The number of methoxy groups -OCH3 is 1. The third kappa shape index (κ3) is 6.43. The fourth-order valence-electron chi connectivity index (χ4n) is 5.82. The van der Waals surface area contributed by atoms with E-state index < -0.39 is 23.6 Å². The minimum absolute atomic E-state index is 0.150. The fourth-order valence-corrected chi connectivity index (χ4v) is 5.82. The van der Waals surface area contributed by atoms with Gasteiger partial charge in [-0.3, -0.25) is 14.5 Å². The number of nitrogens with one attached hydrogen (secondary N) is 2. The van der Waals surface area contributed by atoms with E-state index in [1.807, 2.05) is 6.07 Å². The molecule has 0 unspecified atom stereocenters. The van der Waals surface area contributed by atoms with Gasteiger partial charge in [0.2, 0.25) is 5.91 Å². The lowest BCUT2D eigenvalue weighted by Gasteiger charge is -2.43. The van der Waals surface area contributed by atoms with Crippen LogP contribution in [0.2, 0.25) is 0 Å². The molecule has 3 saturated heterocycles. The second kappa shape index (κ2) is 13.1. The van der Waals surface area contributed by atoms with Crippen molar-refractivity contribution in [1.29, 1.82) is 0 Å². The molecule has 0 bridgehead atoms. The molecule has 244 valence electrons. The lowest BCUT2D eigenvalue weighted by molar-refractivity contribution is -0.140. The number of alkyl halides is 3. The number of hydrogen-bond acceptors (Lipinski definition) is 10. The van der Waals surface area contributed by atoms with E-state index in [1.54, 1.807) is 6.07 Å². The monoisotopic (exact) mass is 643 g/mol. The molecule has 1 atom stereocenters. The number of halogens is 4. The normalized spacial score (nSPS) is 19.1. The van der Waals surface area contributed by atoms with Crippen molar-refractivity contribution < 1.29 is 36.7 Å². The van der Waals surface area contributed by atoms with Crippen LogP contribution < -0.4 is 25.3 Å². The Morgan fingerprint density at radius 2 is 1.89 bits per heavy atom. The standard InChI is InChI=1S/C31H33F4N7O4/c1-3-29(43)39-22-13-23(26(44-2)14-25(22)41-10-8-40(9-11-41)19-16-45-17-19)38-27-15-28(37-18-36-27)42-24(7-12-46-42)20-5-4-6-21(30(20)32)31(33,34)35/h3-6,13-15,18-19,24H,1,7-12,16-17H2,2H3,(H,39,43)(H,36,37,38)/t24-/m1/s1. The quantitative estimate of drug-likeness (QED) is 0.247. The molecule has 11 nitrogen and oxygen atoms in total. The summed E-state index contributed by atoms with van der Waals surface area (Å²) in [7, 11) is 1.53. The first-order valence-corrected chi connectivity index (χ1v) is 14.7. The van der Waals surface area contributed by atoms with Crippen molar-refractivity contribution in [2.24, 2.45) is 0 Å². The zero-order valence-corrected chi connectivity index (χ0v) is 25.0. The van der Waals surface area contributed by atoms with Gasteiger partial charge in [0, 0.05) is 50.3 Å². The van der Waals surface area contributed by atoms with Gasteiger partial charge in [-0.2, -0.15) is 13.2 Å². The molecule has 3 aliphatic heterocycles. The number of nitrogens with zero attached hydrogens (tertiary/aromatic N) is 5. The SMILES string of the molecule is C=CC(=O)Nc1cc(Nc2cc(N3OCC[C@@H]3c3cccc(C(F)(F)F)c3F)ncn2)c(OC)cc1N1CCN(C2COC2)CC1. The molecule has 46 heavy (non-hydrogen) atoms. The second-order valence-corrected chi connectivity index (χ2v) is 11.0. The maximum Gasteiger partial charge on any atom is 0.419 e. The van der Waals surface area contributed by atoms with E-state index in [0.717, 1.165) is 45.1 Å². The predicted molar refractivity (Wildman–Crippen MR) is 163 cm³/mol. The highest BCUT2D eigenvalue weighted by atomic mass is 19.4. The maximum atomic E-state index is 15.0. The van der Waals surface area contributed by atoms with Gasteiger partial charge in [-0.05, 0) is 18.2 Å². The molecule has 15 heteroatoms. The first-order valence-electron chi connectivity index (χ1n) is 14.7. The highest BCUT2D eigenvalue weighted by Gasteiger charge is 2.38. The summed E-state index contributed by atoms with van der Waals surface area (Å²) in [6.45, 7) is 8.37. The van der Waals surface area contributed by atoms with Crippen molar-refractivity contribution in [2.45, 2.75) is 24.7 Å². The van der Waals surface area contributed by atoms with Gasteiger partial charge in [0.05, 0.1) is 61.6 Å². The smallest absolute Gasteiger partial charge is 0.419 e. The van der Waals surface area contributed by atoms with Gasteiger partial charge in [-0.25, -0.2) is 19.4 Å². The van der Waals surface area contributed by atoms with Crippen molar-refractivity contribution in [1.82, 2.24) is 14.9 Å². The van der Waals surface area contributed by atoms with Crippen LogP contribution in [0.3, 0.4) is 0 Å². The number of benzene rings is 2. The van der Waals surface area contributed by atoms with Gasteiger partial charge in [0.1, 0.15) is 23.7 Å². The number of aromatic nitrogens is 2. The van der Waals surface area contributed by atoms with Gasteiger partial charge in [-0.1, -0.05) is 18.7 Å². The summed E-state index contributed by atoms with van der Waals surface area (Å²) in [6, 6.07) is 7.88. The van der Waals surface area contributed by atoms with Crippen LogP contribution in [0.4, 0.5) is 46.3 Å². The van der Waals surface area contributed by atoms with Gasteiger partial charge in [0.15, 0.2) is 5.82 Å². The first-order chi connectivity index (χ1) is 22.2. The van der Waals surface area contributed by atoms with Crippen molar-refractivity contribution >= 4 is 34.6 Å². The lowest BCUT2D eigenvalue weighted by atomic mass is 10.0. The lowest BCUT2D eigenvalue weighted by Crippen LogP contribution is -2.56. The Kier molecular flexibility index (Phi) is 8.97. The van der Waals surface area contributed by atoms with E-state index >= 15 is 4.39 Å². The summed E-state index contributed by atoms with van der Waals surface area (Å²) >= 11 is 0. The van der Waals surface area contributed by atoms with E-state index in [4.69, 9.17) is 14.3 Å². The number of hydroxylamine groups is 1. The Balaban J connectivity index is 1.26. The zero-order valence-electron chi connectivity index (χ0n) is 25.0. The molecular weight excluding hydrogens is 610 g/mol. The molecule has 3 fully saturated rings.